The topological polar surface area (TPSA) is 55.8 Å². The molecule has 5 heteroatoms. The number of methoxy groups -OCH3 is 1. The van der Waals surface area contributed by atoms with Crippen molar-refractivity contribution in [2.45, 2.75) is 6.04 Å². The number of benzene rings is 1. The first-order valence-electron chi connectivity index (χ1n) is 5.41. The molecule has 0 N–H and O–H groups in total. The van der Waals surface area contributed by atoms with Gasteiger partial charge in [0.05, 0.1) is 14.2 Å². The van der Waals surface area contributed by atoms with Gasteiger partial charge >= 0.3 is 5.97 Å². The molecule has 1 unspecified atom stereocenters. The predicted octanol–water partition coefficient (Wildman–Crippen LogP) is 1.47. The van der Waals surface area contributed by atoms with Crippen LogP contribution >= 0.6 is 0 Å². The van der Waals surface area contributed by atoms with E-state index in [1.165, 1.54) is 25.4 Å². The zero-order chi connectivity index (χ0) is 13.1. The van der Waals surface area contributed by atoms with Gasteiger partial charge in [0.2, 0.25) is 0 Å². The highest BCUT2D eigenvalue weighted by Crippen LogP contribution is 2.34. The van der Waals surface area contributed by atoms with Crippen molar-refractivity contribution >= 4 is 11.9 Å². The standard InChI is InChI=1S/C13H13NO4/c1-17-12(15)8-7-11-9-5-3-4-6-10(9)13(16)14(11)18-2/h3-8,11H,1-2H3/b8-7+. The summed E-state index contributed by atoms with van der Waals surface area (Å²) in [5.74, 6) is -0.685. The lowest BCUT2D eigenvalue weighted by Crippen LogP contribution is -2.25. The van der Waals surface area contributed by atoms with Crippen LogP contribution in [0.3, 0.4) is 0 Å². The third-order valence-electron chi connectivity index (χ3n) is 2.78. The number of rotatable bonds is 3. The van der Waals surface area contributed by atoms with Crippen LogP contribution in [0.2, 0.25) is 0 Å². The lowest BCUT2D eigenvalue weighted by atomic mass is 10.0. The number of fused-ring (bicyclic) bond motifs is 1. The summed E-state index contributed by atoms with van der Waals surface area (Å²) < 4.78 is 4.52. The maximum atomic E-state index is 12.0. The van der Waals surface area contributed by atoms with Crippen molar-refractivity contribution in [3.8, 4) is 0 Å². The molecule has 1 heterocycles. The molecule has 94 valence electrons. The number of amides is 1. The molecular weight excluding hydrogens is 234 g/mol. The maximum Gasteiger partial charge on any atom is 0.330 e. The van der Waals surface area contributed by atoms with Gasteiger partial charge in [-0.3, -0.25) is 9.63 Å². The summed E-state index contributed by atoms with van der Waals surface area (Å²) in [4.78, 5) is 28.2. The molecule has 0 bridgehead atoms. The Morgan fingerprint density at radius 2 is 2.06 bits per heavy atom. The summed E-state index contributed by atoms with van der Waals surface area (Å²) in [6, 6.07) is 6.79. The second-order valence-electron chi connectivity index (χ2n) is 3.73. The monoisotopic (exact) mass is 247 g/mol. The molecule has 18 heavy (non-hydrogen) atoms. The van der Waals surface area contributed by atoms with Crippen molar-refractivity contribution in [3.63, 3.8) is 0 Å². The molecule has 2 rings (SSSR count). The van der Waals surface area contributed by atoms with Crippen molar-refractivity contribution in [2.24, 2.45) is 0 Å². The Morgan fingerprint density at radius 1 is 1.33 bits per heavy atom. The Bertz CT molecular complexity index is 509. The lowest BCUT2D eigenvalue weighted by molar-refractivity contribution is -0.135. The van der Waals surface area contributed by atoms with E-state index in [1.54, 1.807) is 18.2 Å². The Labute approximate surface area is 105 Å². The Kier molecular flexibility index (Phi) is 3.43. The smallest absolute Gasteiger partial charge is 0.330 e. The highest BCUT2D eigenvalue weighted by Gasteiger charge is 2.35. The maximum absolute atomic E-state index is 12.0. The fourth-order valence-corrected chi connectivity index (χ4v) is 1.94. The van der Waals surface area contributed by atoms with Gasteiger partial charge < -0.3 is 4.74 Å². The molecule has 1 atom stereocenters. The Balaban J connectivity index is 2.36. The van der Waals surface area contributed by atoms with E-state index in [0.717, 1.165) is 5.56 Å². The molecule has 0 spiro atoms. The van der Waals surface area contributed by atoms with Crippen LogP contribution in [0.25, 0.3) is 0 Å². The van der Waals surface area contributed by atoms with Crippen molar-refractivity contribution in [3.05, 3.63) is 47.5 Å². The highest BCUT2D eigenvalue weighted by atomic mass is 16.7. The fraction of sp³-hybridized carbons (Fsp3) is 0.231. The van der Waals surface area contributed by atoms with Crippen LogP contribution in [0, 0.1) is 0 Å². The van der Waals surface area contributed by atoms with Gasteiger partial charge in [0.15, 0.2) is 0 Å². The van der Waals surface area contributed by atoms with Crippen LogP contribution in [0.5, 0.6) is 0 Å². The summed E-state index contributed by atoms with van der Waals surface area (Å²) >= 11 is 0. The van der Waals surface area contributed by atoms with Crippen LogP contribution in [0.15, 0.2) is 36.4 Å². The van der Waals surface area contributed by atoms with Crippen molar-refractivity contribution in [1.82, 2.24) is 5.06 Å². The molecule has 1 aromatic carbocycles. The first kappa shape index (κ1) is 12.3. The van der Waals surface area contributed by atoms with E-state index in [0.29, 0.717) is 5.56 Å². The number of carbonyl (C=O) groups excluding carboxylic acids is 2. The average Bonchev–Trinajstić information content (AvgIpc) is 2.69. The molecule has 0 fully saturated rings. The molecule has 1 amide bonds. The third-order valence-corrected chi connectivity index (χ3v) is 2.78. The number of nitrogens with zero attached hydrogens (tertiary/aromatic N) is 1. The zero-order valence-electron chi connectivity index (χ0n) is 10.1. The van der Waals surface area contributed by atoms with E-state index in [1.807, 2.05) is 12.1 Å². The second kappa shape index (κ2) is 5.01. The molecule has 1 aromatic rings. The number of carbonyl (C=O) groups is 2. The van der Waals surface area contributed by atoms with E-state index >= 15 is 0 Å². The van der Waals surface area contributed by atoms with Gasteiger partial charge in [-0.15, -0.1) is 0 Å². The minimum atomic E-state index is -0.470. The van der Waals surface area contributed by atoms with Crippen molar-refractivity contribution in [2.75, 3.05) is 14.2 Å². The highest BCUT2D eigenvalue weighted by molar-refractivity contribution is 5.99. The average molecular weight is 247 g/mol. The van der Waals surface area contributed by atoms with Gasteiger partial charge in [-0.2, -0.15) is 0 Å². The van der Waals surface area contributed by atoms with E-state index in [4.69, 9.17) is 4.84 Å². The minimum Gasteiger partial charge on any atom is -0.466 e. The molecule has 0 radical (unpaired) electrons. The second-order valence-corrected chi connectivity index (χ2v) is 3.73. The molecule has 1 aliphatic rings. The van der Waals surface area contributed by atoms with Crippen molar-refractivity contribution in [1.29, 1.82) is 0 Å². The normalized spacial score (nSPS) is 18.2. The number of ether oxygens (including phenoxy) is 1. The fourth-order valence-electron chi connectivity index (χ4n) is 1.94. The van der Waals surface area contributed by atoms with Gasteiger partial charge in [0, 0.05) is 11.6 Å². The lowest BCUT2D eigenvalue weighted by Gasteiger charge is -2.19. The van der Waals surface area contributed by atoms with E-state index in [9.17, 15) is 9.59 Å². The number of hydroxylamine groups is 2. The Hall–Kier alpha value is -2.14. The van der Waals surface area contributed by atoms with Gasteiger partial charge in [0.25, 0.3) is 5.91 Å². The molecule has 0 aliphatic carbocycles. The van der Waals surface area contributed by atoms with Crippen LogP contribution in [0.4, 0.5) is 0 Å². The molecular formula is C13H13NO4. The largest absolute Gasteiger partial charge is 0.466 e. The van der Waals surface area contributed by atoms with Crippen LogP contribution in [-0.2, 0) is 14.4 Å². The summed E-state index contributed by atoms with van der Waals surface area (Å²) in [5.41, 5.74) is 1.39. The van der Waals surface area contributed by atoms with Gasteiger partial charge in [-0.25, -0.2) is 9.86 Å². The van der Waals surface area contributed by atoms with Gasteiger partial charge in [-0.05, 0) is 17.7 Å². The number of hydrogen-bond donors (Lipinski definition) is 0. The van der Waals surface area contributed by atoms with Gasteiger partial charge in [0.1, 0.15) is 6.04 Å². The number of hydrogen-bond acceptors (Lipinski definition) is 4. The zero-order valence-corrected chi connectivity index (χ0v) is 10.1. The quantitative estimate of drug-likeness (QED) is 0.599. The molecule has 0 saturated carbocycles. The van der Waals surface area contributed by atoms with Crippen LogP contribution in [-0.4, -0.2) is 31.2 Å². The third kappa shape index (κ3) is 2.00. The van der Waals surface area contributed by atoms with Crippen LogP contribution in [0.1, 0.15) is 22.0 Å². The Morgan fingerprint density at radius 3 is 2.72 bits per heavy atom. The van der Waals surface area contributed by atoms with E-state index < -0.39 is 12.0 Å². The van der Waals surface area contributed by atoms with Crippen LogP contribution < -0.4 is 0 Å². The molecule has 0 saturated heterocycles. The summed E-state index contributed by atoms with van der Waals surface area (Å²) in [6.45, 7) is 0. The first-order valence-corrected chi connectivity index (χ1v) is 5.41. The van der Waals surface area contributed by atoms with E-state index in [-0.39, 0.29) is 5.91 Å². The number of esters is 1. The summed E-state index contributed by atoms with van der Waals surface area (Å²) in [6.07, 6.45) is 2.87. The van der Waals surface area contributed by atoms with E-state index in [2.05, 4.69) is 4.74 Å². The minimum absolute atomic E-state index is 0.215. The SMILES string of the molecule is COC(=O)/C=C/C1c2ccccc2C(=O)N1OC. The van der Waals surface area contributed by atoms with Gasteiger partial charge in [-0.1, -0.05) is 18.2 Å². The predicted molar refractivity (Wildman–Crippen MR) is 63.5 cm³/mol. The van der Waals surface area contributed by atoms with Crippen molar-refractivity contribution < 1.29 is 19.2 Å². The molecule has 5 nitrogen and oxygen atoms in total. The molecule has 1 aliphatic heterocycles. The molecule has 0 aromatic heterocycles. The summed E-state index contributed by atoms with van der Waals surface area (Å²) in [7, 11) is 2.72. The first-order chi connectivity index (χ1) is 8.69. The summed E-state index contributed by atoms with van der Waals surface area (Å²) in [5, 5.41) is 1.23.